The third-order valence-corrected chi connectivity index (χ3v) is 3.75. The van der Waals surface area contributed by atoms with Gasteiger partial charge in [0.25, 0.3) is 5.69 Å². The summed E-state index contributed by atoms with van der Waals surface area (Å²) in [5.41, 5.74) is 1.72. The highest BCUT2D eigenvalue weighted by Crippen LogP contribution is 2.33. The lowest BCUT2D eigenvalue weighted by molar-refractivity contribution is -0.385. The molecule has 1 aliphatic rings. The first-order chi connectivity index (χ1) is 10.1. The largest absolute Gasteiger partial charge is 0.454 e. The Balaban J connectivity index is 1.73. The maximum atomic E-state index is 10.9. The van der Waals surface area contributed by atoms with Crippen molar-refractivity contribution in [2.75, 3.05) is 12.1 Å². The van der Waals surface area contributed by atoms with Gasteiger partial charge in [0.05, 0.1) is 9.40 Å². The molecule has 0 fully saturated rings. The molecule has 3 rings (SSSR count). The summed E-state index contributed by atoms with van der Waals surface area (Å²) in [6.45, 7) is 0.778. The molecule has 0 saturated heterocycles. The van der Waals surface area contributed by atoms with E-state index in [1.165, 1.54) is 6.07 Å². The molecule has 0 unspecified atom stereocenters. The van der Waals surface area contributed by atoms with E-state index < -0.39 is 4.92 Å². The molecule has 0 spiro atoms. The molecule has 6 nitrogen and oxygen atoms in total. The second kappa shape index (κ2) is 5.61. The standard InChI is InChI=1S/C14H11BrN2O4/c15-11-3-2-10(6-12(11)17(18)19)16-7-9-1-4-13-14(5-9)21-8-20-13/h1-6,16H,7-8H2. The van der Waals surface area contributed by atoms with E-state index in [4.69, 9.17) is 9.47 Å². The van der Waals surface area contributed by atoms with Gasteiger partial charge in [-0.25, -0.2) is 0 Å². The summed E-state index contributed by atoms with van der Waals surface area (Å²) in [5.74, 6) is 1.45. The molecule has 2 aromatic carbocycles. The maximum absolute atomic E-state index is 10.9. The van der Waals surface area contributed by atoms with Crippen molar-refractivity contribution in [1.29, 1.82) is 0 Å². The molecular formula is C14H11BrN2O4. The van der Waals surface area contributed by atoms with Crippen LogP contribution in [0.4, 0.5) is 11.4 Å². The highest BCUT2D eigenvalue weighted by Gasteiger charge is 2.14. The number of nitrogens with zero attached hydrogens (tertiary/aromatic N) is 1. The van der Waals surface area contributed by atoms with Crippen LogP contribution in [0.5, 0.6) is 11.5 Å². The van der Waals surface area contributed by atoms with Gasteiger partial charge in [-0.3, -0.25) is 10.1 Å². The summed E-state index contributed by atoms with van der Waals surface area (Å²) in [4.78, 5) is 10.5. The van der Waals surface area contributed by atoms with Crippen molar-refractivity contribution < 1.29 is 14.4 Å². The van der Waals surface area contributed by atoms with Crippen LogP contribution in [0.1, 0.15) is 5.56 Å². The Labute approximate surface area is 129 Å². The van der Waals surface area contributed by atoms with Gasteiger partial charge >= 0.3 is 0 Å². The number of benzene rings is 2. The highest BCUT2D eigenvalue weighted by molar-refractivity contribution is 9.10. The molecule has 2 aromatic rings. The van der Waals surface area contributed by atoms with Crippen molar-refractivity contribution in [2.45, 2.75) is 6.54 Å². The normalized spacial score (nSPS) is 12.2. The van der Waals surface area contributed by atoms with Gasteiger partial charge in [0.2, 0.25) is 6.79 Å². The van der Waals surface area contributed by atoms with Crippen LogP contribution in [0.2, 0.25) is 0 Å². The second-order valence-electron chi connectivity index (χ2n) is 4.46. The van der Waals surface area contributed by atoms with Gasteiger partial charge in [-0.2, -0.15) is 0 Å². The van der Waals surface area contributed by atoms with Crippen LogP contribution in [0.25, 0.3) is 0 Å². The quantitative estimate of drug-likeness (QED) is 0.672. The Morgan fingerprint density at radius 2 is 2.00 bits per heavy atom. The van der Waals surface area contributed by atoms with Crippen LogP contribution in [0.3, 0.4) is 0 Å². The summed E-state index contributed by atoms with van der Waals surface area (Å²) < 4.78 is 11.0. The first-order valence-electron chi connectivity index (χ1n) is 6.20. The first kappa shape index (κ1) is 13.7. The lowest BCUT2D eigenvalue weighted by Gasteiger charge is -2.07. The molecule has 7 heteroatoms. The third-order valence-electron chi connectivity index (χ3n) is 3.08. The van der Waals surface area contributed by atoms with Crippen LogP contribution in [0, 0.1) is 10.1 Å². The molecule has 21 heavy (non-hydrogen) atoms. The van der Waals surface area contributed by atoms with Crippen LogP contribution < -0.4 is 14.8 Å². The summed E-state index contributed by atoms with van der Waals surface area (Å²) >= 11 is 3.16. The number of halogens is 1. The fourth-order valence-electron chi connectivity index (χ4n) is 2.02. The van der Waals surface area contributed by atoms with Crippen LogP contribution in [-0.2, 0) is 6.54 Å². The minimum absolute atomic E-state index is 0.0330. The number of nitro benzene ring substituents is 1. The molecule has 0 aromatic heterocycles. The summed E-state index contributed by atoms with van der Waals surface area (Å²) in [5, 5.41) is 14.0. The average molecular weight is 351 g/mol. The first-order valence-corrected chi connectivity index (χ1v) is 6.99. The summed E-state index contributed by atoms with van der Waals surface area (Å²) in [6, 6.07) is 10.6. The molecule has 0 bridgehead atoms. The van der Waals surface area contributed by atoms with E-state index in [2.05, 4.69) is 21.2 Å². The number of rotatable bonds is 4. The lowest BCUT2D eigenvalue weighted by atomic mass is 10.2. The molecule has 0 atom stereocenters. The minimum Gasteiger partial charge on any atom is -0.454 e. The molecule has 1 aliphatic heterocycles. The van der Waals surface area contributed by atoms with E-state index in [0.717, 1.165) is 17.1 Å². The van der Waals surface area contributed by atoms with Crippen molar-refractivity contribution in [2.24, 2.45) is 0 Å². The predicted octanol–water partition coefficient (Wildman–Crippen LogP) is 3.70. The SMILES string of the molecule is O=[N+]([O-])c1cc(NCc2ccc3c(c2)OCO3)ccc1Br. The van der Waals surface area contributed by atoms with Gasteiger partial charge in [-0.1, -0.05) is 6.07 Å². The average Bonchev–Trinajstić information content (AvgIpc) is 2.93. The second-order valence-corrected chi connectivity index (χ2v) is 5.32. The zero-order chi connectivity index (χ0) is 14.8. The number of ether oxygens (including phenoxy) is 2. The number of hydrogen-bond acceptors (Lipinski definition) is 5. The van der Waals surface area contributed by atoms with Gasteiger partial charge in [-0.15, -0.1) is 0 Å². The minimum atomic E-state index is -0.421. The van der Waals surface area contributed by atoms with E-state index in [9.17, 15) is 10.1 Å². The summed E-state index contributed by atoms with van der Waals surface area (Å²) in [6.07, 6.45) is 0. The maximum Gasteiger partial charge on any atom is 0.285 e. The van der Waals surface area contributed by atoms with Crippen molar-refractivity contribution in [3.63, 3.8) is 0 Å². The Hall–Kier alpha value is -2.28. The van der Waals surface area contributed by atoms with Crippen LogP contribution >= 0.6 is 15.9 Å². The lowest BCUT2D eigenvalue weighted by Crippen LogP contribution is -2.00. The number of fused-ring (bicyclic) bond motifs is 1. The number of nitrogens with one attached hydrogen (secondary N) is 1. The van der Waals surface area contributed by atoms with Gasteiger partial charge in [0.1, 0.15) is 0 Å². The van der Waals surface area contributed by atoms with Gasteiger partial charge in [0, 0.05) is 18.3 Å². The Bertz CT molecular complexity index is 705. The Morgan fingerprint density at radius 1 is 1.19 bits per heavy atom. The molecule has 108 valence electrons. The third kappa shape index (κ3) is 2.92. The number of nitro groups is 1. The van der Waals surface area contributed by atoms with Crippen LogP contribution in [0.15, 0.2) is 40.9 Å². The zero-order valence-electron chi connectivity index (χ0n) is 10.8. The molecule has 0 aliphatic carbocycles. The van der Waals surface area contributed by atoms with Crippen molar-refractivity contribution in [3.05, 3.63) is 56.5 Å². The molecule has 1 N–H and O–H groups in total. The van der Waals surface area contributed by atoms with Crippen molar-refractivity contribution in [3.8, 4) is 11.5 Å². The molecule has 1 heterocycles. The van der Waals surface area contributed by atoms with E-state index >= 15 is 0 Å². The molecule has 0 radical (unpaired) electrons. The Morgan fingerprint density at radius 3 is 2.81 bits per heavy atom. The fourth-order valence-corrected chi connectivity index (χ4v) is 2.41. The van der Waals surface area contributed by atoms with E-state index in [0.29, 0.717) is 16.7 Å². The van der Waals surface area contributed by atoms with Gasteiger partial charge < -0.3 is 14.8 Å². The van der Waals surface area contributed by atoms with E-state index in [1.54, 1.807) is 12.1 Å². The molecule has 0 saturated carbocycles. The summed E-state index contributed by atoms with van der Waals surface area (Å²) in [7, 11) is 0. The van der Waals surface area contributed by atoms with E-state index in [-0.39, 0.29) is 12.5 Å². The number of hydrogen-bond donors (Lipinski definition) is 1. The monoisotopic (exact) mass is 350 g/mol. The van der Waals surface area contributed by atoms with Crippen molar-refractivity contribution in [1.82, 2.24) is 0 Å². The Kier molecular flexibility index (Phi) is 3.66. The predicted molar refractivity (Wildman–Crippen MR) is 80.7 cm³/mol. The fraction of sp³-hybridized carbons (Fsp3) is 0.143. The van der Waals surface area contributed by atoms with Gasteiger partial charge in [0.15, 0.2) is 11.5 Å². The topological polar surface area (TPSA) is 73.6 Å². The smallest absolute Gasteiger partial charge is 0.285 e. The van der Waals surface area contributed by atoms with Crippen LogP contribution in [-0.4, -0.2) is 11.7 Å². The van der Waals surface area contributed by atoms with E-state index in [1.807, 2.05) is 18.2 Å². The molecule has 0 amide bonds. The highest BCUT2D eigenvalue weighted by atomic mass is 79.9. The molecular weight excluding hydrogens is 340 g/mol. The van der Waals surface area contributed by atoms with Gasteiger partial charge in [-0.05, 0) is 45.8 Å². The number of anilines is 1. The zero-order valence-corrected chi connectivity index (χ0v) is 12.4. The van der Waals surface area contributed by atoms with Crippen molar-refractivity contribution >= 4 is 27.3 Å².